The number of rotatable bonds is 7. The summed E-state index contributed by atoms with van der Waals surface area (Å²) in [5.41, 5.74) is 5.15. The Labute approximate surface area is 192 Å². The molecule has 0 fully saturated rings. The molecule has 3 rings (SSSR count). The van der Waals surface area contributed by atoms with Gasteiger partial charge in [-0.15, -0.1) is 0 Å². The molecule has 12 heteroatoms. The summed E-state index contributed by atoms with van der Waals surface area (Å²) in [6.45, 7) is 1.36. The van der Waals surface area contributed by atoms with Crippen molar-refractivity contribution in [2.45, 2.75) is 30.9 Å². The quantitative estimate of drug-likeness (QED) is 0.476. The number of hydrogen-bond acceptors (Lipinski definition) is 6. The summed E-state index contributed by atoms with van der Waals surface area (Å²) in [5, 5.41) is 1.06. The Morgan fingerprint density at radius 1 is 1.21 bits per heavy atom. The average molecular weight is 499 g/mol. The number of alkyl halides is 3. The van der Waals surface area contributed by atoms with Crippen molar-refractivity contribution < 1.29 is 35.2 Å². The highest BCUT2D eigenvalue weighted by Gasteiger charge is 2.33. The molecule has 0 saturated heterocycles. The summed E-state index contributed by atoms with van der Waals surface area (Å²) in [6, 6.07) is 7.10. The third-order valence-electron chi connectivity index (χ3n) is 5.20. The number of nitrogens with zero attached hydrogens (tertiary/aromatic N) is 1. The summed E-state index contributed by atoms with van der Waals surface area (Å²) in [5.74, 6) is -2.25. The highest BCUT2D eigenvalue weighted by molar-refractivity contribution is 7.90. The van der Waals surface area contributed by atoms with Crippen LogP contribution in [0.15, 0.2) is 53.3 Å². The van der Waals surface area contributed by atoms with Crippen LogP contribution in [0.3, 0.4) is 0 Å². The lowest BCUT2D eigenvalue weighted by atomic mass is 9.98. The van der Waals surface area contributed by atoms with E-state index in [1.54, 1.807) is 0 Å². The normalized spacial score (nSPS) is 14.0. The predicted molar refractivity (Wildman–Crippen MR) is 115 cm³/mol. The predicted octanol–water partition coefficient (Wildman–Crippen LogP) is 3.92. The largest absolute Gasteiger partial charge is 0.472 e. The summed E-state index contributed by atoms with van der Waals surface area (Å²) in [7, 11) is -3.73. The van der Waals surface area contributed by atoms with Crippen LogP contribution in [0.25, 0.3) is 11.3 Å². The SMILES string of the molecule is CC(C(=O)NCc1ccc(C(F)(F)F)nc1-c1ccoc1)c1ccc(C(N)S(C)(=O)=O)c(F)c1. The standard InChI is InChI=1S/C22H21F4N3O4S/c1-12(13-3-5-16(17(23)9-13)20(27)34(2,31)32)21(30)28-10-14-4-6-18(22(24,25)26)29-19(14)15-7-8-33-11-15/h3-9,11-12,20H,10,27H2,1-2H3,(H,28,30). The number of amides is 1. The van der Waals surface area contributed by atoms with Gasteiger partial charge in [-0.3, -0.25) is 4.79 Å². The van der Waals surface area contributed by atoms with Crippen LogP contribution in [0, 0.1) is 5.82 Å². The maximum atomic E-state index is 14.5. The molecule has 2 heterocycles. The number of nitrogens with two attached hydrogens (primary N) is 1. The van der Waals surface area contributed by atoms with E-state index in [9.17, 15) is 30.8 Å². The number of pyridine rings is 1. The van der Waals surface area contributed by atoms with Gasteiger partial charge in [-0.05, 0) is 36.2 Å². The Kier molecular flexibility index (Phi) is 7.13. The van der Waals surface area contributed by atoms with Gasteiger partial charge in [-0.1, -0.05) is 18.2 Å². The van der Waals surface area contributed by atoms with E-state index in [0.717, 1.165) is 18.4 Å². The zero-order chi connectivity index (χ0) is 25.3. The summed E-state index contributed by atoms with van der Waals surface area (Å²) < 4.78 is 81.9. The molecule has 3 N–H and O–H groups in total. The topological polar surface area (TPSA) is 115 Å². The summed E-state index contributed by atoms with van der Waals surface area (Å²) in [6.07, 6.45) is -1.24. The number of carbonyl (C=O) groups is 1. The highest BCUT2D eigenvalue weighted by Crippen LogP contribution is 2.31. The van der Waals surface area contributed by atoms with Crippen LogP contribution in [0.4, 0.5) is 17.6 Å². The van der Waals surface area contributed by atoms with Crippen molar-refractivity contribution in [3.05, 3.63) is 77.1 Å². The number of sulfone groups is 1. The van der Waals surface area contributed by atoms with Crippen molar-refractivity contribution in [2.24, 2.45) is 5.73 Å². The Hall–Kier alpha value is -3.25. The van der Waals surface area contributed by atoms with Crippen molar-refractivity contribution in [3.63, 3.8) is 0 Å². The van der Waals surface area contributed by atoms with E-state index in [0.29, 0.717) is 11.1 Å². The molecule has 3 aromatic rings. The van der Waals surface area contributed by atoms with E-state index in [4.69, 9.17) is 10.2 Å². The molecule has 2 atom stereocenters. The van der Waals surface area contributed by atoms with Gasteiger partial charge in [0, 0.05) is 23.9 Å². The molecule has 0 aliphatic rings. The van der Waals surface area contributed by atoms with Crippen LogP contribution in [-0.4, -0.2) is 25.6 Å². The second-order valence-corrected chi connectivity index (χ2v) is 9.85. The number of aromatic nitrogens is 1. The Morgan fingerprint density at radius 2 is 1.91 bits per heavy atom. The number of furan rings is 1. The minimum Gasteiger partial charge on any atom is -0.472 e. The molecule has 182 valence electrons. The van der Waals surface area contributed by atoms with E-state index in [1.165, 1.54) is 43.7 Å². The van der Waals surface area contributed by atoms with Gasteiger partial charge in [0.25, 0.3) is 0 Å². The van der Waals surface area contributed by atoms with Crippen molar-refractivity contribution in [1.82, 2.24) is 10.3 Å². The highest BCUT2D eigenvalue weighted by atomic mass is 32.2. The lowest BCUT2D eigenvalue weighted by Crippen LogP contribution is -2.28. The lowest BCUT2D eigenvalue weighted by molar-refractivity contribution is -0.141. The molecule has 0 aliphatic heterocycles. The third-order valence-corrected chi connectivity index (χ3v) is 6.38. The molecule has 0 saturated carbocycles. The van der Waals surface area contributed by atoms with Gasteiger partial charge in [0.1, 0.15) is 16.9 Å². The molecular formula is C22H21F4N3O4S. The molecule has 0 bridgehead atoms. The number of halogens is 4. The third kappa shape index (κ3) is 5.62. The number of hydrogen-bond donors (Lipinski definition) is 2. The van der Waals surface area contributed by atoms with Crippen LogP contribution in [0.1, 0.15) is 40.6 Å². The number of carbonyl (C=O) groups excluding carboxylic acids is 1. The second kappa shape index (κ2) is 9.55. The van der Waals surface area contributed by atoms with E-state index in [2.05, 4.69) is 10.3 Å². The molecule has 0 aliphatic carbocycles. The molecule has 1 amide bonds. The first kappa shape index (κ1) is 25.4. The minimum absolute atomic E-state index is 0.00156. The minimum atomic E-state index is -4.65. The van der Waals surface area contributed by atoms with Crippen LogP contribution in [-0.2, 0) is 27.4 Å². The zero-order valence-corrected chi connectivity index (χ0v) is 18.9. The van der Waals surface area contributed by atoms with Gasteiger partial charge in [0.2, 0.25) is 5.91 Å². The zero-order valence-electron chi connectivity index (χ0n) is 18.1. The molecule has 2 aromatic heterocycles. The fraction of sp³-hybridized carbons (Fsp3) is 0.273. The number of nitrogens with one attached hydrogen (secondary N) is 1. The van der Waals surface area contributed by atoms with Crippen LogP contribution >= 0.6 is 0 Å². The van der Waals surface area contributed by atoms with E-state index < -0.39 is 44.7 Å². The molecule has 2 unspecified atom stereocenters. The van der Waals surface area contributed by atoms with Crippen molar-refractivity contribution in [3.8, 4) is 11.3 Å². The fourth-order valence-electron chi connectivity index (χ4n) is 3.20. The Morgan fingerprint density at radius 3 is 2.47 bits per heavy atom. The smallest absolute Gasteiger partial charge is 0.433 e. The molecule has 0 spiro atoms. The number of benzene rings is 1. The molecular weight excluding hydrogens is 478 g/mol. The first-order valence-corrected chi connectivity index (χ1v) is 11.9. The van der Waals surface area contributed by atoms with Gasteiger partial charge in [-0.25, -0.2) is 17.8 Å². The van der Waals surface area contributed by atoms with E-state index in [-0.39, 0.29) is 23.4 Å². The van der Waals surface area contributed by atoms with Gasteiger partial charge in [0.15, 0.2) is 9.84 Å². The maximum Gasteiger partial charge on any atom is 0.433 e. The van der Waals surface area contributed by atoms with Crippen LogP contribution in [0.5, 0.6) is 0 Å². The average Bonchev–Trinajstić information content (AvgIpc) is 3.29. The summed E-state index contributed by atoms with van der Waals surface area (Å²) >= 11 is 0. The van der Waals surface area contributed by atoms with Crippen molar-refractivity contribution in [1.29, 1.82) is 0 Å². The first-order valence-electron chi connectivity index (χ1n) is 9.90. The molecule has 1 aromatic carbocycles. The van der Waals surface area contributed by atoms with Crippen LogP contribution in [0.2, 0.25) is 0 Å². The van der Waals surface area contributed by atoms with E-state index in [1.807, 2.05) is 0 Å². The lowest BCUT2D eigenvalue weighted by Gasteiger charge is -2.17. The van der Waals surface area contributed by atoms with Crippen molar-refractivity contribution >= 4 is 15.7 Å². The van der Waals surface area contributed by atoms with Gasteiger partial charge in [-0.2, -0.15) is 13.2 Å². The molecule has 7 nitrogen and oxygen atoms in total. The fourth-order valence-corrected chi connectivity index (χ4v) is 3.85. The first-order chi connectivity index (χ1) is 15.8. The Balaban J connectivity index is 1.79. The van der Waals surface area contributed by atoms with Crippen LogP contribution < -0.4 is 11.1 Å². The van der Waals surface area contributed by atoms with E-state index >= 15 is 0 Å². The monoisotopic (exact) mass is 499 g/mol. The molecule has 34 heavy (non-hydrogen) atoms. The Bertz CT molecular complexity index is 1290. The van der Waals surface area contributed by atoms with Gasteiger partial charge in [0.05, 0.1) is 24.1 Å². The summed E-state index contributed by atoms with van der Waals surface area (Å²) in [4.78, 5) is 16.3. The second-order valence-electron chi connectivity index (χ2n) is 7.68. The van der Waals surface area contributed by atoms with Crippen molar-refractivity contribution in [2.75, 3.05) is 6.26 Å². The maximum absolute atomic E-state index is 14.5. The van der Waals surface area contributed by atoms with Gasteiger partial charge < -0.3 is 15.5 Å². The van der Waals surface area contributed by atoms with Gasteiger partial charge >= 0.3 is 6.18 Å². The molecule has 0 radical (unpaired) electrons.